The van der Waals surface area contributed by atoms with Gasteiger partial charge < -0.3 is 29.7 Å². The van der Waals surface area contributed by atoms with Crippen LogP contribution < -0.4 is 24.8 Å². The van der Waals surface area contributed by atoms with E-state index in [2.05, 4.69) is 10.6 Å². The van der Waals surface area contributed by atoms with Gasteiger partial charge in [-0.25, -0.2) is 32.0 Å². The fraction of sp³-hybridized carbons (Fsp3) is 0.707. The van der Waals surface area contributed by atoms with E-state index in [1.807, 2.05) is 17.7 Å². The number of aryl methyl sites for hydroxylation is 1. The Kier molecular flexibility index (Phi) is 11.5. The first-order chi connectivity index (χ1) is 27.8. The van der Waals surface area contributed by atoms with Crippen molar-refractivity contribution in [2.24, 2.45) is 23.2 Å². The molecule has 4 fully saturated rings. The zero-order valence-corrected chi connectivity index (χ0v) is 35.3. The summed E-state index contributed by atoms with van der Waals surface area (Å²) < 4.78 is 73.8. The number of nitrogens with zero attached hydrogens (tertiary/aromatic N) is 3. The van der Waals surface area contributed by atoms with Crippen molar-refractivity contribution in [3.8, 4) is 11.6 Å². The maximum Gasteiger partial charge on any atom is 0.408 e. The van der Waals surface area contributed by atoms with Gasteiger partial charge in [-0.2, -0.15) is 0 Å². The zero-order valence-electron chi connectivity index (χ0n) is 34.5. The quantitative estimate of drug-likeness (QED) is 0.287. The summed E-state index contributed by atoms with van der Waals surface area (Å²) >= 11 is 0. The maximum atomic E-state index is 14.9. The van der Waals surface area contributed by atoms with Crippen LogP contribution in [-0.2, 0) is 35.6 Å². The highest BCUT2D eigenvalue weighted by Gasteiger charge is 2.68. The molecule has 2 bridgehead atoms. The van der Waals surface area contributed by atoms with Crippen molar-refractivity contribution in [1.29, 1.82) is 0 Å². The Morgan fingerprint density at radius 2 is 1.85 bits per heavy atom. The smallest absolute Gasteiger partial charge is 0.408 e. The molecule has 1 saturated heterocycles. The minimum atomic E-state index is -4.25. The van der Waals surface area contributed by atoms with Gasteiger partial charge in [-0.1, -0.05) is 47.0 Å². The highest BCUT2D eigenvalue weighted by atomic mass is 32.2. The molecule has 330 valence electrons. The third-order valence-corrected chi connectivity index (χ3v) is 15.0. The summed E-state index contributed by atoms with van der Waals surface area (Å²) in [7, 11) is -2.71. The highest BCUT2D eigenvalue weighted by Crippen LogP contribution is 2.50. The van der Waals surface area contributed by atoms with Crippen molar-refractivity contribution in [2.45, 2.75) is 146 Å². The number of amides is 4. The summed E-state index contributed by atoms with van der Waals surface area (Å²) in [6.45, 7) is 8.44. The maximum absolute atomic E-state index is 14.9. The van der Waals surface area contributed by atoms with Gasteiger partial charge in [0.15, 0.2) is 0 Å². The van der Waals surface area contributed by atoms with Gasteiger partial charge in [-0.15, -0.1) is 0 Å². The molecule has 7 rings (SSSR count). The van der Waals surface area contributed by atoms with E-state index in [0.29, 0.717) is 61.0 Å². The second kappa shape index (κ2) is 15.9. The average molecular weight is 853 g/mol. The van der Waals surface area contributed by atoms with E-state index in [-0.39, 0.29) is 28.7 Å². The number of rotatable bonds is 9. The second-order valence-electron chi connectivity index (χ2n) is 18.3. The molecule has 18 heteroatoms. The molecule has 0 radical (unpaired) electrons. The molecule has 2 aliphatic heterocycles. The van der Waals surface area contributed by atoms with Crippen molar-refractivity contribution in [2.75, 3.05) is 13.7 Å². The zero-order chi connectivity index (χ0) is 42.7. The molecule has 4 amide bonds. The summed E-state index contributed by atoms with van der Waals surface area (Å²) in [5, 5.41) is 5.30. The van der Waals surface area contributed by atoms with E-state index in [1.54, 1.807) is 40.0 Å². The standard InChI is InChI=1S/C41H56F2N6O9S.3H2/c1-7-11-24-30-21-49(31(24)34(50)47-41(20-25(41)33(42)43)37(52)48-59(54,55)40(5)16-17-40)36(51)32(39(2,3)4)46-38(53)58-29-18-22(29)12-9-8-10-13-27-35(57-30)45-28-19-23(56-6)14-15-26(28)44-27;;;/h14-15,19,22,24-25,29-33H,7-13,16-18,20-21H2,1-6H3,(H,46,53)(H,47,50)(H,48,52);3*1H/t22-,24-,25+,29-,30+,31+,32-,41-;;;/m1.../s1. The Morgan fingerprint density at radius 1 is 1.10 bits per heavy atom. The van der Waals surface area contributed by atoms with Gasteiger partial charge in [0.2, 0.25) is 34.1 Å². The molecule has 0 unspecified atom stereocenters. The molecular formula is C41H62F2N6O9S. The number of benzene rings is 1. The highest BCUT2D eigenvalue weighted by molar-refractivity contribution is 7.91. The van der Waals surface area contributed by atoms with E-state index < -0.39 is 92.4 Å². The number of hydrogen-bond acceptors (Lipinski definition) is 11. The lowest BCUT2D eigenvalue weighted by Gasteiger charge is -2.36. The van der Waals surface area contributed by atoms with Crippen LogP contribution in [0, 0.1) is 23.2 Å². The lowest BCUT2D eigenvalue weighted by Crippen LogP contribution is -2.61. The first-order valence-corrected chi connectivity index (χ1v) is 22.2. The van der Waals surface area contributed by atoms with Gasteiger partial charge in [0, 0.05) is 16.3 Å². The van der Waals surface area contributed by atoms with Gasteiger partial charge >= 0.3 is 6.09 Å². The number of carbonyl (C=O) groups excluding carboxylic acids is 4. The predicted octanol–water partition coefficient (Wildman–Crippen LogP) is 5.54. The Hall–Kier alpha value is -4.35. The molecule has 3 N–H and O–H groups in total. The Balaban J connectivity index is 0.00000282. The fourth-order valence-electron chi connectivity index (χ4n) is 8.60. The summed E-state index contributed by atoms with van der Waals surface area (Å²) in [5.74, 6) is -4.28. The monoisotopic (exact) mass is 852 g/mol. The molecule has 59 heavy (non-hydrogen) atoms. The molecular weight excluding hydrogens is 791 g/mol. The number of ether oxygens (including phenoxy) is 3. The second-order valence-corrected chi connectivity index (χ2v) is 20.5. The van der Waals surface area contributed by atoms with Crippen molar-refractivity contribution in [1.82, 2.24) is 30.2 Å². The number of alkyl halides is 2. The third kappa shape index (κ3) is 8.65. The first-order valence-electron chi connectivity index (χ1n) is 20.8. The van der Waals surface area contributed by atoms with Crippen LogP contribution in [0.25, 0.3) is 11.0 Å². The first kappa shape index (κ1) is 42.8. The number of aromatic nitrogens is 2. The molecule has 5 aliphatic rings. The number of carbonyl (C=O) groups is 4. The van der Waals surface area contributed by atoms with Gasteiger partial charge in [0.05, 0.1) is 35.4 Å². The fourth-order valence-corrected chi connectivity index (χ4v) is 9.91. The number of fused-ring (bicyclic) bond motifs is 5. The van der Waals surface area contributed by atoms with Crippen LogP contribution in [0.15, 0.2) is 18.2 Å². The van der Waals surface area contributed by atoms with Gasteiger partial charge in [0.25, 0.3) is 5.91 Å². The van der Waals surface area contributed by atoms with Crippen molar-refractivity contribution in [3.05, 3.63) is 23.9 Å². The topological polar surface area (TPSA) is 195 Å². The number of methoxy groups -OCH3 is 1. The Labute approximate surface area is 348 Å². The molecule has 8 atom stereocenters. The van der Waals surface area contributed by atoms with Crippen molar-refractivity contribution in [3.63, 3.8) is 0 Å². The molecule has 1 aromatic carbocycles. The number of hydrogen-bond donors (Lipinski definition) is 3. The van der Waals surface area contributed by atoms with Crippen LogP contribution in [0.2, 0.25) is 0 Å². The van der Waals surface area contributed by atoms with E-state index in [0.717, 1.165) is 25.7 Å². The molecule has 15 nitrogen and oxygen atoms in total. The van der Waals surface area contributed by atoms with Crippen LogP contribution in [0.5, 0.6) is 11.6 Å². The van der Waals surface area contributed by atoms with Gasteiger partial charge in [0.1, 0.15) is 41.3 Å². The normalized spacial score (nSPS) is 30.7. The van der Waals surface area contributed by atoms with Gasteiger partial charge in [-0.3, -0.25) is 19.1 Å². The van der Waals surface area contributed by atoms with Crippen LogP contribution >= 0.6 is 0 Å². The molecule has 3 heterocycles. The van der Waals surface area contributed by atoms with Crippen LogP contribution in [0.3, 0.4) is 0 Å². The van der Waals surface area contributed by atoms with Crippen LogP contribution in [0.4, 0.5) is 13.6 Å². The van der Waals surface area contributed by atoms with Crippen molar-refractivity contribution >= 4 is 44.9 Å². The summed E-state index contributed by atoms with van der Waals surface area (Å²) in [4.78, 5) is 67.9. The van der Waals surface area contributed by atoms with Crippen LogP contribution in [-0.4, -0.2) is 102 Å². The molecule has 0 spiro atoms. The third-order valence-electron chi connectivity index (χ3n) is 12.8. The number of alkyl carbamates (subject to hydrolysis) is 1. The molecule has 3 saturated carbocycles. The van der Waals surface area contributed by atoms with E-state index in [1.165, 1.54) is 11.8 Å². The lowest BCUT2D eigenvalue weighted by molar-refractivity contribution is -0.144. The minimum absolute atomic E-state index is 0. The van der Waals surface area contributed by atoms with E-state index in [9.17, 15) is 36.4 Å². The SMILES string of the molecule is CCC[C@@H]1[C@@H]2CN(C(=O)[C@H](C(C)(C)C)NC(=O)O[C@@H]3C[C@H]3CCCCCc3nc4ccc(OC)cc4nc3O2)[C@@H]1C(=O)N[C@]1(C(=O)NS(=O)(=O)C2(C)CC2)C[C@H]1C(F)F.[HH].[HH].[HH]. The summed E-state index contributed by atoms with van der Waals surface area (Å²) in [5.41, 5.74) is -1.43. The predicted molar refractivity (Wildman–Crippen MR) is 217 cm³/mol. The van der Waals surface area contributed by atoms with E-state index in [4.69, 9.17) is 24.2 Å². The summed E-state index contributed by atoms with van der Waals surface area (Å²) in [6, 6.07) is 2.74. The molecule has 1 aromatic heterocycles. The minimum Gasteiger partial charge on any atom is -0.497 e. The number of halogens is 2. The van der Waals surface area contributed by atoms with E-state index >= 15 is 0 Å². The number of sulfonamides is 1. The summed E-state index contributed by atoms with van der Waals surface area (Å²) in [6.07, 6.45) is 0.581. The van der Waals surface area contributed by atoms with Gasteiger partial charge in [-0.05, 0) is 81.8 Å². The Bertz CT molecular complexity index is 2110. The van der Waals surface area contributed by atoms with Crippen LogP contribution in [0.1, 0.15) is 109 Å². The molecule has 2 aromatic rings. The van der Waals surface area contributed by atoms with Crippen molar-refractivity contribution < 1.29 is 54.9 Å². The lowest BCUT2D eigenvalue weighted by atomic mass is 9.85. The largest absolute Gasteiger partial charge is 0.497 e. The Morgan fingerprint density at radius 3 is 2.49 bits per heavy atom. The molecule has 3 aliphatic carbocycles. The average Bonchev–Trinajstić information content (AvgIpc) is 4.12. The number of nitrogens with one attached hydrogen (secondary N) is 3.